The molecule has 0 unspecified atom stereocenters. The van der Waals surface area contributed by atoms with Gasteiger partial charge in [-0.1, -0.05) is 17.7 Å². The van der Waals surface area contributed by atoms with Gasteiger partial charge >= 0.3 is 0 Å². The van der Waals surface area contributed by atoms with E-state index in [2.05, 4.69) is 0 Å². The second-order valence-corrected chi connectivity index (χ2v) is 7.35. The summed E-state index contributed by atoms with van der Waals surface area (Å²) in [5.74, 6) is -0.979. The minimum absolute atomic E-state index is 0.0136. The topological polar surface area (TPSA) is 76.4 Å². The molecule has 0 heterocycles. The number of methoxy groups -OCH3 is 2. The molecule has 1 saturated carbocycles. The average Bonchev–Trinajstić information content (AvgIpc) is 2.40. The van der Waals surface area contributed by atoms with Gasteiger partial charge in [-0.2, -0.15) is 5.26 Å². The standard InChI is InChI=1S/C14H17NO4S/c1-11-4-6-12(7-5-11)20(16,17)13(10-15)8-14(9-13,18-2)19-3/h4-7H,8-9H2,1-3H3. The van der Waals surface area contributed by atoms with E-state index in [1.165, 1.54) is 26.4 Å². The molecule has 2 rings (SSSR count). The van der Waals surface area contributed by atoms with E-state index in [0.29, 0.717) is 0 Å². The molecular formula is C14H17NO4S. The molecule has 6 heteroatoms. The number of hydrogen-bond acceptors (Lipinski definition) is 5. The minimum Gasteiger partial charge on any atom is -0.353 e. The zero-order valence-electron chi connectivity index (χ0n) is 11.7. The van der Waals surface area contributed by atoms with E-state index < -0.39 is 20.4 Å². The Morgan fingerprint density at radius 2 is 1.65 bits per heavy atom. The number of rotatable bonds is 4. The van der Waals surface area contributed by atoms with E-state index in [1.54, 1.807) is 12.1 Å². The van der Waals surface area contributed by atoms with Crippen LogP contribution < -0.4 is 0 Å². The van der Waals surface area contributed by atoms with Crippen molar-refractivity contribution in [2.24, 2.45) is 0 Å². The zero-order valence-corrected chi connectivity index (χ0v) is 12.5. The van der Waals surface area contributed by atoms with Gasteiger partial charge in [-0.3, -0.25) is 0 Å². The number of hydrogen-bond donors (Lipinski definition) is 0. The molecule has 20 heavy (non-hydrogen) atoms. The fraction of sp³-hybridized carbons (Fsp3) is 0.500. The Bertz CT molecular complexity index is 631. The van der Waals surface area contributed by atoms with Crippen LogP contribution in [0.3, 0.4) is 0 Å². The fourth-order valence-corrected chi connectivity index (χ4v) is 4.35. The van der Waals surface area contributed by atoms with Crippen molar-refractivity contribution in [3.63, 3.8) is 0 Å². The maximum atomic E-state index is 12.7. The van der Waals surface area contributed by atoms with E-state index in [0.717, 1.165) is 5.56 Å². The molecule has 0 atom stereocenters. The van der Waals surface area contributed by atoms with E-state index >= 15 is 0 Å². The van der Waals surface area contributed by atoms with Crippen molar-refractivity contribution in [2.45, 2.75) is 35.2 Å². The Hall–Kier alpha value is -1.42. The number of aryl methyl sites for hydroxylation is 1. The molecule has 1 aromatic carbocycles. The quantitative estimate of drug-likeness (QED) is 0.792. The normalized spacial score (nSPS) is 19.9. The predicted molar refractivity (Wildman–Crippen MR) is 72.7 cm³/mol. The van der Waals surface area contributed by atoms with Gasteiger partial charge in [-0.25, -0.2) is 8.42 Å². The van der Waals surface area contributed by atoms with Crippen molar-refractivity contribution in [3.8, 4) is 6.07 Å². The largest absolute Gasteiger partial charge is 0.353 e. The number of nitriles is 1. The lowest BCUT2D eigenvalue weighted by Crippen LogP contribution is -2.61. The van der Waals surface area contributed by atoms with Crippen LogP contribution in [0.25, 0.3) is 0 Å². The van der Waals surface area contributed by atoms with Crippen molar-refractivity contribution >= 4 is 9.84 Å². The molecule has 108 valence electrons. The molecule has 0 spiro atoms. The summed E-state index contributed by atoms with van der Waals surface area (Å²) in [6.45, 7) is 1.88. The number of sulfone groups is 1. The van der Waals surface area contributed by atoms with Crippen LogP contribution in [-0.4, -0.2) is 33.2 Å². The van der Waals surface area contributed by atoms with Crippen LogP contribution in [0.4, 0.5) is 0 Å². The van der Waals surface area contributed by atoms with Gasteiger partial charge in [0.15, 0.2) is 20.4 Å². The van der Waals surface area contributed by atoms with Gasteiger partial charge in [0.05, 0.1) is 11.0 Å². The van der Waals surface area contributed by atoms with E-state index in [-0.39, 0.29) is 17.7 Å². The molecule has 0 aliphatic heterocycles. The summed E-state index contributed by atoms with van der Waals surface area (Å²) in [5.41, 5.74) is 0.965. The van der Waals surface area contributed by atoms with Crippen LogP contribution >= 0.6 is 0 Å². The van der Waals surface area contributed by atoms with Gasteiger partial charge in [-0.15, -0.1) is 0 Å². The summed E-state index contributed by atoms with van der Waals surface area (Å²) in [4.78, 5) is 0.158. The lowest BCUT2D eigenvalue weighted by atomic mass is 9.78. The molecule has 1 aliphatic rings. The van der Waals surface area contributed by atoms with E-state index in [9.17, 15) is 13.7 Å². The molecule has 0 N–H and O–H groups in total. The van der Waals surface area contributed by atoms with Crippen molar-refractivity contribution in [1.29, 1.82) is 5.26 Å². The highest BCUT2D eigenvalue weighted by Crippen LogP contribution is 2.50. The highest BCUT2D eigenvalue weighted by Gasteiger charge is 2.64. The minimum atomic E-state index is -3.74. The van der Waals surface area contributed by atoms with Crippen LogP contribution in [0, 0.1) is 18.3 Å². The highest BCUT2D eigenvalue weighted by atomic mass is 32.2. The maximum absolute atomic E-state index is 12.7. The third kappa shape index (κ3) is 2.03. The SMILES string of the molecule is COC1(OC)CC(C#N)(S(=O)(=O)c2ccc(C)cc2)C1. The lowest BCUT2D eigenvalue weighted by Gasteiger charge is -2.49. The first kappa shape index (κ1) is 15.0. The second-order valence-electron chi connectivity index (χ2n) is 5.10. The van der Waals surface area contributed by atoms with Gasteiger partial charge in [0.25, 0.3) is 0 Å². The molecule has 0 aromatic heterocycles. The van der Waals surface area contributed by atoms with Gasteiger partial charge < -0.3 is 9.47 Å². The lowest BCUT2D eigenvalue weighted by molar-refractivity contribution is -0.256. The van der Waals surface area contributed by atoms with Crippen LogP contribution in [-0.2, 0) is 19.3 Å². The molecule has 0 amide bonds. The summed E-state index contributed by atoms with van der Waals surface area (Å²) in [5, 5.41) is 9.37. The van der Waals surface area contributed by atoms with Crippen LogP contribution in [0.5, 0.6) is 0 Å². The number of ether oxygens (including phenoxy) is 2. The molecule has 0 saturated heterocycles. The summed E-state index contributed by atoms with van der Waals surface area (Å²) in [7, 11) is -0.848. The predicted octanol–water partition coefficient (Wildman–Crippen LogP) is 1.81. The zero-order chi connectivity index (χ0) is 15.0. The summed E-state index contributed by atoms with van der Waals surface area (Å²) in [6, 6.07) is 8.44. The highest BCUT2D eigenvalue weighted by molar-refractivity contribution is 7.93. The molecule has 0 bridgehead atoms. The first-order chi connectivity index (χ1) is 9.35. The molecule has 0 radical (unpaired) electrons. The Morgan fingerprint density at radius 3 is 2.05 bits per heavy atom. The van der Waals surface area contributed by atoms with Crippen molar-refractivity contribution in [3.05, 3.63) is 29.8 Å². The van der Waals surface area contributed by atoms with Crippen LogP contribution in [0.2, 0.25) is 0 Å². The maximum Gasteiger partial charge on any atom is 0.197 e. The Kier molecular flexibility index (Phi) is 3.63. The van der Waals surface area contributed by atoms with E-state index in [1.807, 2.05) is 13.0 Å². The average molecular weight is 295 g/mol. The van der Waals surface area contributed by atoms with Crippen LogP contribution in [0.1, 0.15) is 18.4 Å². The summed E-state index contributed by atoms with van der Waals surface area (Å²) >= 11 is 0. The van der Waals surface area contributed by atoms with Crippen molar-refractivity contribution in [2.75, 3.05) is 14.2 Å². The first-order valence-electron chi connectivity index (χ1n) is 6.18. The molecule has 5 nitrogen and oxygen atoms in total. The second kappa shape index (κ2) is 4.85. The van der Waals surface area contributed by atoms with Gasteiger partial charge in [0.1, 0.15) is 0 Å². The Labute approximate surface area is 119 Å². The third-order valence-corrected chi connectivity index (χ3v) is 6.20. The molecular weight excluding hydrogens is 278 g/mol. The van der Waals surface area contributed by atoms with Crippen molar-refractivity contribution < 1.29 is 17.9 Å². The fourth-order valence-electron chi connectivity index (χ4n) is 2.46. The molecule has 1 fully saturated rings. The third-order valence-electron chi connectivity index (χ3n) is 3.90. The van der Waals surface area contributed by atoms with Gasteiger partial charge in [0, 0.05) is 27.1 Å². The Balaban J connectivity index is 2.39. The monoisotopic (exact) mass is 295 g/mol. The summed E-state index contributed by atoms with van der Waals surface area (Å²) < 4.78 is 34.2. The molecule has 1 aliphatic carbocycles. The van der Waals surface area contributed by atoms with Crippen molar-refractivity contribution in [1.82, 2.24) is 0 Å². The van der Waals surface area contributed by atoms with Crippen LogP contribution in [0.15, 0.2) is 29.2 Å². The van der Waals surface area contributed by atoms with Gasteiger partial charge in [-0.05, 0) is 19.1 Å². The smallest absolute Gasteiger partial charge is 0.197 e. The number of nitrogens with zero attached hydrogens (tertiary/aromatic N) is 1. The molecule has 1 aromatic rings. The van der Waals surface area contributed by atoms with E-state index in [4.69, 9.17) is 9.47 Å². The van der Waals surface area contributed by atoms with Gasteiger partial charge in [0.2, 0.25) is 0 Å². The first-order valence-corrected chi connectivity index (χ1v) is 7.66. The number of benzene rings is 1. The summed E-state index contributed by atoms with van der Waals surface area (Å²) in [6.07, 6.45) is 0.0272. The Morgan fingerprint density at radius 1 is 1.15 bits per heavy atom.